The van der Waals surface area contributed by atoms with Gasteiger partial charge in [0.2, 0.25) is 0 Å². The molecule has 2 rings (SSSR count). The van der Waals surface area contributed by atoms with E-state index in [1.54, 1.807) is 0 Å². The van der Waals surface area contributed by atoms with E-state index >= 15 is 0 Å². The van der Waals surface area contributed by atoms with E-state index in [0.717, 1.165) is 18.3 Å². The Balaban J connectivity index is 2.35. The van der Waals surface area contributed by atoms with Crippen LogP contribution in [0.4, 0.5) is 0 Å². The Morgan fingerprint density at radius 1 is 0.812 bits per heavy atom. The van der Waals surface area contributed by atoms with E-state index < -0.39 is 6.10 Å². The number of rotatable bonds is 2. The Bertz CT molecular complexity index is 451. The second-order valence-electron chi connectivity index (χ2n) is 3.51. The second-order valence-corrected chi connectivity index (χ2v) is 6.00. The van der Waals surface area contributed by atoms with Crippen LogP contribution >= 0.6 is 45.2 Å². The summed E-state index contributed by atoms with van der Waals surface area (Å²) in [6.45, 7) is 0. The molecule has 82 valence electrons. The minimum atomic E-state index is -0.538. The van der Waals surface area contributed by atoms with Crippen molar-refractivity contribution in [1.29, 1.82) is 0 Å². The van der Waals surface area contributed by atoms with Gasteiger partial charge in [0.05, 0.1) is 0 Å². The molecule has 0 unspecified atom stereocenters. The maximum absolute atomic E-state index is 10.2. The Morgan fingerprint density at radius 3 is 1.62 bits per heavy atom. The van der Waals surface area contributed by atoms with Gasteiger partial charge in [-0.15, -0.1) is 0 Å². The van der Waals surface area contributed by atoms with Gasteiger partial charge in [-0.1, -0.05) is 24.3 Å². The third-order valence-electron chi connectivity index (χ3n) is 2.33. The van der Waals surface area contributed by atoms with Crippen molar-refractivity contribution in [3.8, 4) is 0 Å². The maximum atomic E-state index is 10.2. The van der Waals surface area contributed by atoms with Crippen molar-refractivity contribution in [3.63, 3.8) is 0 Å². The highest BCUT2D eigenvalue weighted by atomic mass is 127. The topological polar surface area (TPSA) is 20.2 Å². The van der Waals surface area contributed by atoms with Crippen LogP contribution in [0.1, 0.15) is 17.2 Å². The first kappa shape index (κ1) is 12.3. The second kappa shape index (κ2) is 5.46. The Kier molecular flexibility index (Phi) is 4.21. The van der Waals surface area contributed by atoms with Gasteiger partial charge in [-0.05, 0) is 80.6 Å². The van der Waals surface area contributed by atoms with Crippen LogP contribution in [0.25, 0.3) is 0 Å². The van der Waals surface area contributed by atoms with Crippen molar-refractivity contribution >= 4 is 45.2 Å². The molecule has 0 saturated heterocycles. The van der Waals surface area contributed by atoms with Crippen LogP contribution in [0.5, 0.6) is 0 Å². The molecular weight excluding hydrogens is 426 g/mol. The summed E-state index contributed by atoms with van der Waals surface area (Å²) in [7, 11) is 0. The van der Waals surface area contributed by atoms with Crippen molar-refractivity contribution in [2.45, 2.75) is 6.10 Å². The molecule has 0 amide bonds. The highest BCUT2D eigenvalue weighted by Crippen LogP contribution is 2.24. The SMILES string of the molecule is OC(c1cccc(I)c1)c1cccc(I)c1. The average molecular weight is 436 g/mol. The van der Waals surface area contributed by atoms with Gasteiger partial charge in [0.25, 0.3) is 0 Å². The lowest BCUT2D eigenvalue weighted by atomic mass is 10.0. The van der Waals surface area contributed by atoms with Gasteiger partial charge in [-0.2, -0.15) is 0 Å². The van der Waals surface area contributed by atoms with Crippen LogP contribution in [0.15, 0.2) is 48.5 Å². The summed E-state index contributed by atoms with van der Waals surface area (Å²) in [6, 6.07) is 15.9. The molecule has 0 saturated carbocycles. The van der Waals surface area contributed by atoms with E-state index in [1.807, 2.05) is 48.5 Å². The Morgan fingerprint density at radius 2 is 1.25 bits per heavy atom. The molecule has 1 N–H and O–H groups in total. The number of halogens is 2. The predicted molar refractivity (Wildman–Crippen MR) is 82.4 cm³/mol. The molecule has 0 aliphatic carbocycles. The van der Waals surface area contributed by atoms with E-state index in [4.69, 9.17) is 0 Å². The largest absolute Gasteiger partial charge is 0.384 e. The number of aliphatic hydroxyl groups is 1. The normalized spacial score (nSPS) is 10.8. The number of hydrogen-bond donors (Lipinski definition) is 1. The van der Waals surface area contributed by atoms with E-state index in [2.05, 4.69) is 45.2 Å². The van der Waals surface area contributed by atoms with Crippen molar-refractivity contribution in [1.82, 2.24) is 0 Å². The molecule has 2 aromatic carbocycles. The summed E-state index contributed by atoms with van der Waals surface area (Å²) in [5, 5.41) is 10.2. The highest BCUT2D eigenvalue weighted by Gasteiger charge is 2.10. The molecule has 0 heterocycles. The van der Waals surface area contributed by atoms with Crippen molar-refractivity contribution in [2.75, 3.05) is 0 Å². The van der Waals surface area contributed by atoms with E-state index in [-0.39, 0.29) is 0 Å². The number of benzene rings is 2. The molecular formula is C13H10I2O. The third kappa shape index (κ3) is 2.95. The van der Waals surface area contributed by atoms with Crippen LogP contribution in [-0.4, -0.2) is 5.11 Å². The summed E-state index contributed by atoms with van der Waals surface area (Å²) in [6.07, 6.45) is -0.538. The molecule has 16 heavy (non-hydrogen) atoms. The lowest BCUT2D eigenvalue weighted by molar-refractivity contribution is 0.220. The zero-order valence-electron chi connectivity index (χ0n) is 8.40. The molecule has 1 nitrogen and oxygen atoms in total. The number of aliphatic hydroxyl groups excluding tert-OH is 1. The first-order valence-electron chi connectivity index (χ1n) is 4.86. The Labute approximate surface area is 122 Å². The third-order valence-corrected chi connectivity index (χ3v) is 3.67. The molecule has 0 atom stereocenters. The van der Waals surface area contributed by atoms with Gasteiger partial charge in [-0.25, -0.2) is 0 Å². The predicted octanol–water partition coefficient (Wildman–Crippen LogP) is 3.98. The minimum absolute atomic E-state index is 0.538. The molecule has 0 bridgehead atoms. The van der Waals surface area contributed by atoms with E-state index in [1.165, 1.54) is 0 Å². The fourth-order valence-corrected chi connectivity index (χ4v) is 2.68. The zero-order valence-corrected chi connectivity index (χ0v) is 12.7. The molecule has 3 heteroatoms. The van der Waals surface area contributed by atoms with Gasteiger partial charge in [0.1, 0.15) is 6.10 Å². The fourth-order valence-electron chi connectivity index (χ4n) is 1.55. The minimum Gasteiger partial charge on any atom is -0.384 e. The molecule has 0 radical (unpaired) electrons. The van der Waals surface area contributed by atoms with Gasteiger partial charge in [0, 0.05) is 7.14 Å². The summed E-state index contributed by atoms with van der Waals surface area (Å²) in [4.78, 5) is 0. The molecule has 0 aliphatic heterocycles. The summed E-state index contributed by atoms with van der Waals surface area (Å²) >= 11 is 4.50. The molecule has 2 aromatic rings. The van der Waals surface area contributed by atoms with Crippen LogP contribution in [0.2, 0.25) is 0 Å². The van der Waals surface area contributed by atoms with Crippen LogP contribution < -0.4 is 0 Å². The van der Waals surface area contributed by atoms with Gasteiger partial charge >= 0.3 is 0 Å². The van der Waals surface area contributed by atoms with Gasteiger partial charge in [-0.3, -0.25) is 0 Å². The van der Waals surface area contributed by atoms with Crippen LogP contribution in [0.3, 0.4) is 0 Å². The van der Waals surface area contributed by atoms with Crippen molar-refractivity contribution in [3.05, 3.63) is 66.8 Å². The smallest absolute Gasteiger partial charge is 0.104 e. The molecule has 0 aromatic heterocycles. The Hall–Kier alpha value is -0.140. The van der Waals surface area contributed by atoms with Gasteiger partial charge in [0.15, 0.2) is 0 Å². The summed E-state index contributed by atoms with van der Waals surface area (Å²) in [5.74, 6) is 0. The van der Waals surface area contributed by atoms with Gasteiger partial charge < -0.3 is 5.11 Å². The van der Waals surface area contributed by atoms with Crippen LogP contribution in [0, 0.1) is 7.14 Å². The van der Waals surface area contributed by atoms with E-state index in [0.29, 0.717) is 0 Å². The first-order valence-corrected chi connectivity index (χ1v) is 7.01. The van der Waals surface area contributed by atoms with Crippen LogP contribution in [-0.2, 0) is 0 Å². The lowest BCUT2D eigenvalue weighted by Crippen LogP contribution is -1.99. The average Bonchev–Trinajstić information content (AvgIpc) is 2.28. The van der Waals surface area contributed by atoms with Crippen molar-refractivity contribution < 1.29 is 5.11 Å². The highest BCUT2D eigenvalue weighted by molar-refractivity contribution is 14.1. The monoisotopic (exact) mass is 436 g/mol. The molecule has 0 fully saturated rings. The zero-order chi connectivity index (χ0) is 11.5. The summed E-state index contributed by atoms with van der Waals surface area (Å²) in [5.41, 5.74) is 1.88. The standard InChI is InChI=1S/C13H10I2O/c14-11-5-1-3-9(7-11)13(16)10-4-2-6-12(15)8-10/h1-8,13,16H. The summed E-state index contributed by atoms with van der Waals surface area (Å²) < 4.78 is 2.28. The lowest BCUT2D eigenvalue weighted by Gasteiger charge is -2.12. The fraction of sp³-hybridized carbons (Fsp3) is 0.0769. The molecule has 0 spiro atoms. The quantitative estimate of drug-likeness (QED) is 0.707. The van der Waals surface area contributed by atoms with Crippen molar-refractivity contribution in [2.24, 2.45) is 0 Å². The maximum Gasteiger partial charge on any atom is 0.104 e. The number of hydrogen-bond acceptors (Lipinski definition) is 1. The first-order chi connectivity index (χ1) is 7.66. The van der Waals surface area contributed by atoms with E-state index in [9.17, 15) is 5.11 Å². The molecule has 0 aliphatic rings.